The lowest BCUT2D eigenvalue weighted by atomic mass is 10.1. The summed E-state index contributed by atoms with van der Waals surface area (Å²) in [6, 6.07) is 1.78. The third-order valence-electron chi connectivity index (χ3n) is 1.59. The number of rotatable bonds is 2. The Kier molecular flexibility index (Phi) is 3.06. The number of hydrogen-bond acceptors (Lipinski definition) is 1. The first kappa shape index (κ1) is 11.6. The van der Waals surface area contributed by atoms with E-state index in [1.807, 2.05) is 0 Å². The summed E-state index contributed by atoms with van der Waals surface area (Å²) in [5.41, 5.74) is -0.882. The van der Waals surface area contributed by atoms with E-state index in [2.05, 4.69) is 0 Å². The Bertz CT molecular complexity index is 383. The van der Waals surface area contributed by atoms with Gasteiger partial charge >= 0.3 is 6.18 Å². The molecule has 1 rings (SSSR count). The minimum Gasteiger partial charge on any atom is -0.294 e. The molecule has 15 heavy (non-hydrogen) atoms. The third kappa shape index (κ3) is 3.30. The van der Waals surface area contributed by atoms with E-state index in [1.165, 1.54) is 0 Å². The fourth-order valence-electron chi connectivity index (χ4n) is 0.988. The lowest BCUT2D eigenvalue weighted by Gasteiger charge is -2.05. The molecule has 0 spiro atoms. The highest BCUT2D eigenvalue weighted by atomic mass is 19.4. The second-order valence-electron chi connectivity index (χ2n) is 2.84. The molecule has 0 heterocycles. The number of hydrogen-bond donors (Lipinski definition) is 0. The molecule has 6 heteroatoms. The predicted octanol–water partition coefficient (Wildman–Crippen LogP) is 3.10. The first-order chi connectivity index (χ1) is 6.79. The molecule has 0 radical (unpaired) electrons. The smallest absolute Gasteiger partial charge is 0.294 e. The van der Waals surface area contributed by atoms with Crippen molar-refractivity contribution >= 4 is 5.78 Å². The monoisotopic (exact) mass is 224 g/mol. The van der Waals surface area contributed by atoms with Crippen LogP contribution in [0, 0.1) is 11.6 Å². The molecule has 0 fully saturated rings. The van der Waals surface area contributed by atoms with E-state index in [4.69, 9.17) is 0 Å². The van der Waals surface area contributed by atoms with Crippen molar-refractivity contribution in [2.45, 2.75) is 12.6 Å². The van der Waals surface area contributed by atoms with Gasteiger partial charge in [0.05, 0.1) is 5.56 Å². The Labute approximate surface area is 81.5 Å². The second-order valence-corrected chi connectivity index (χ2v) is 2.84. The van der Waals surface area contributed by atoms with Crippen molar-refractivity contribution in [3.05, 3.63) is 35.4 Å². The van der Waals surface area contributed by atoms with Crippen LogP contribution >= 0.6 is 0 Å². The molecule has 0 bridgehead atoms. The summed E-state index contributed by atoms with van der Waals surface area (Å²) in [4.78, 5) is 10.9. The standard InChI is InChI=1S/C9H5F5O/c10-5-1-2-7(11)6(3-5)8(15)4-9(12,13)14/h1-3H,4H2. The van der Waals surface area contributed by atoms with Crippen LogP contribution in [0.15, 0.2) is 18.2 Å². The largest absolute Gasteiger partial charge is 0.396 e. The van der Waals surface area contributed by atoms with Crippen molar-refractivity contribution in [3.63, 3.8) is 0 Å². The van der Waals surface area contributed by atoms with E-state index in [0.717, 1.165) is 6.07 Å². The molecule has 1 aromatic rings. The van der Waals surface area contributed by atoms with Gasteiger partial charge in [-0.2, -0.15) is 13.2 Å². The number of alkyl halides is 3. The summed E-state index contributed by atoms with van der Waals surface area (Å²) < 4.78 is 60.7. The summed E-state index contributed by atoms with van der Waals surface area (Å²) in [7, 11) is 0. The molecule has 0 atom stereocenters. The van der Waals surface area contributed by atoms with Crippen LogP contribution in [0.2, 0.25) is 0 Å². The zero-order chi connectivity index (χ0) is 11.6. The van der Waals surface area contributed by atoms with Crippen molar-refractivity contribution in [1.82, 2.24) is 0 Å². The first-order valence-corrected chi connectivity index (χ1v) is 3.84. The Morgan fingerprint density at radius 2 is 1.80 bits per heavy atom. The number of ketones is 1. The molecule has 1 nitrogen and oxygen atoms in total. The van der Waals surface area contributed by atoms with Gasteiger partial charge in [-0.1, -0.05) is 0 Å². The average molecular weight is 224 g/mol. The quantitative estimate of drug-likeness (QED) is 0.557. The summed E-state index contributed by atoms with van der Waals surface area (Å²) in [6.07, 6.45) is -6.52. The minimum absolute atomic E-state index is 0.448. The van der Waals surface area contributed by atoms with Crippen molar-refractivity contribution in [1.29, 1.82) is 0 Å². The first-order valence-electron chi connectivity index (χ1n) is 3.84. The van der Waals surface area contributed by atoms with E-state index >= 15 is 0 Å². The number of carbonyl (C=O) groups is 1. The van der Waals surface area contributed by atoms with Gasteiger partial charge in [-0.3, -0.25) is 4.79 Å². The molecule has 0 saturated carbocycles. The van der Waals surface area contributed by atoms with Crippen LogP contribution in [0.4, 0.5) is 22.0 Å². The lowest BCUT2D eigenvalue weighted by molar-refractivity contribution is -0.125. The van der Waals surface area contributed by atoms with Crippen LogP contribution in [-0.2, 0) is 0 Å². The molecule has 82 valence electrons. The molecular weight excluding hydrogens is 219 g/mol. The summed E-state index contributed by atoms with van der Waals surface area (Å²) in [6.45, 7) is 0. The Morgan fingerprint density at radius 1 is 1.20 bits per heavy atom. The molecule has 0 aliphatic heterocycles. The van der Waals surface area contributed by atoms with Gasteiger partial charge in [0.1, 0.15) is 18.1 Å². The highest BCUT2D eigenvalue weighted by Crippen LogP contribution is 2.23. The molecule has 0 saturated heterocycles. The topological polar surface area (TPSA) is 17.1 Å². The van der Waals surface area contributed by atoms with Crippen LogP contribution in [-0.4, -0.2) is 12.0 Å². The van der Waals surface area contributed by atoms with Crippen LogP contribution in [0.5, 0.6) is 0 Å². The highest BCUT2D eigenvalue weighted by Gasteiger charge is 2.32. The van der Waals surface area contributed by atoms with Gasteiger partial charge in [0.2, 0.25) is 0 Å². The normalized spacial score (nSPS) is 11.5. The Morgan fingerprint density at radius 3 is 2.33 bits per heavy atom. The van der Waals surface area contributed by atoms with Crippen molar-refractivity contribution in [2.75, 3.05) is 0 Å². The van der Waals surface area contributed by atoms with Gasteiger partial charge in [0, 0.05) is 0 Å². The van der Waals surface area contributed by atoms with Crippen molar-refractivity contribution in [2.24, 2.45) is 0 Å². The van der Waals surface area contributed by atoms with Crippen LogP contribution in [0.3, 0.4) is 0 Å². The molecule has 1 aromatic carbocycles. The fraction of sp³-hybridized carbons (Fsp3) is 0.222. The number of benzene rings is 1. The van der Waals surface area contributed by atoms with Gasteiger partial charge in [0.15, 0.2) is 5.78 Å². The number of carbonyl (C=O) groups excluding carboxylic acids is 1. The maximum Gasteiger partial charge on any atom is 0.396 e. The van der Waals surface area contributed by atoms with E-state index in [-0.39, 0.29) is 0 Å². The zero-order valence-electron chi connectivity index (χ0n) is 7.24. The van der Waals surface area contributed by atoms with Crippen LogP contribution in [0.1, 0.15) is 16.8 Å². The summed E-state index contributed by atoms with van der Waals surface area (Å²) >= 11 is 0. The third-order valence-corrected chi connectivity index (χ3v) is 1.59. The average Bonchev–Trinajstić information content (AvgIpc) is 2.06. The van der Waals surface area contributed by atoms with Crippen molar-refractivity contribution in [3.8, 4) is 0 Å². The van der Waals surface area contributed by atoms with Gasteiger partial charge in [-0.15, -0.1) is 0 Å². The fourth-order valence-corrected chi connectivity index (χ4v) is 0.988. The molecule has 0 N–H and O–H groups in total. The minimum atomic E-state index is -4.73. The zero-order valence-corrected chi connectivity index (χ0v) is 7.24. The molecule has 0 amide bonds. The Balaban J connectivity index is 2.96. The Hall–Kier alpha value is -1.46. The van der Waals surface area contributed by atoms with E-state index in [0.29, 0.717) is 12.1 Å². The summed E-state index contributed by atoms with van der Waals surface area (Å²) in [5, 5.41) is 0. The predicted molar refractivity (Wildman–Crippen MR) is 41.4 cm³/mol. The van der Waals surface area contributed by atoms with Crippen LogP contribution in [0.25, 0.3) is 0 Å². The number of Topliss-reactive ketones (excluding diaryl/α,β-unsaturated/α-hetero) is 1. The molecule has 0 aliphatic rings. The van der Waals surface area contributed by atoms with E-state index < -0.39 is 35.6 Å². The highest BCUT2D eigenvalue weighted by molar-refractivity contribution is 5.96. The van der Waals surface area contributed by atoms with Gasteiger partial charge in [0.25, 0.3) is 0 Å². The van der Waals surface area contributed by atoms with Gasteiger partial charge < -0.3 is 0 Å². The maximum atomic E-state index is 12.8. The molecule has 0 aromatic heterocycles. The molecule has 0 aliphatic carbocycles. The van der Waals surface area contributed by atoms with Crippen molar-refractivity contribution < 1.29 is 26.7 Å². The van der Waals surface area contributed by atoms with E-state index in [1.54, 1.807) is 0 Å². The summed E-state index contributed by atoms with van der Waals surface area (Å²) in [5.74, 6) is -3.60. The number of halogens is 5. The SMILES string of the molecule is O=C(CC(F)(F)F)c1cc(F)ccc1F. The molecule has 0 unspecified atom stereocenters. The lowest BCUT2D eigenvalue weighted by Crippen LogP contribution is -2.16. The molecular formula is C9H5F5O. The van der Waals surface area contributed by atoms with Gasteiger partial charge in [-0.25, -0.2) is 8.78 Å². The maximum absolute atomic E-state index is 12.8. The second kappa shape index (κ2) is 3.96. The van der Waals surface area contributed by atoms with Crippen LogP contribution < -0.4 is 0 Å². The van der Waals surface area contributed by atoms with Gasteiger partial charge in [-0.05, 0) is 18.2 Å². The van der Waals surface area contributed by atoms with E-state index in [9.17, 15) is 26.7 Å².